The number of tetrazole rings is 1. The molecule has 1 aliphatic rings. The largest absolute Gasteiger partial charge is 0.494 e. The van der Waals surface area contributed by atoms with E-state index in [-0.39, 0.29) is 17.6 Å². The number of nitrogens with one attached hydrogen (secondary N) is 1. The summed E-state index contributed by atoms with van der Waals surface area (Å²) in [6, 6.07) is 9.03. The van der Waals surface area contributed by atoms with Crippen LogP contribution in [0.5, 0.6) is 5.75 Å². The van der Waals surface area contributed by atoms with Crippen molar-refractivity contribution in [2.45, 2.75) is 25.9 Å². The summed E-state index contributed by atoms with van der Waals surface area (Å²) in [7, 11) is 1.49. The smallest absolute Gasteiger partial charge is 0.295 e. The monoisotopic (exact) mass is 527 g/mol. The summed E-state index contributed by atoms with van der Waals surface area (Å²) in [6.07, 6.45) is 6.17. The summed E-state index contributed by atoms with van der Waals surface area (Å²) in [4.78, 5) is 38.4. The molecule has 1 aromatic carbocycles. The second kappa shape index (κ2) is 9.63. The van der Waals surface area contributed by atoms with Crippen LogP contribution in [-0.2, 0) is 4.79 Å². The Morgan fingerprint density at radius 1 is 1.08 bits per heavy atom. The molecule has 1 N–H and O–H groups in total. The van der Waals surface area contributed by atoms with Crippen LogP contribution in [0.3, 0.4) is 0 Å². The third kappa shape index (κ3) is 4.05. The van der Waals surface area contributed by atoms with Gasteiger partial charge in [0.1, 0.15) is 5.75 Å². The molecule has 14 nitrogen and oxygen atoms in total. The van der Waals surface area contributed by atoms with Gasteiger partial charge in [0, 0.05) is 31.4 Å². The lowest BCUT2D eigenvalue weighted by Crippen LogP contribution is -2.60. The minimum Gasteiger partial charge on any atom is -0.494 e. The fourth-order valence-electron chi connectivity index (χ4n) is 5.17. The number of Topliss-reactive ketones (excluding diaryl/α,β-unsaturated/α-hetero) is 1. The normalized spacial score (nSPS) is 17.5. The van der Waals surface area contributed by atoms with Crippen molar-refractivity contribution in [1.82, 2.24) is 50.1 Å². The van der Waals surface area contributed by atoms with E-state index in [1.54, 1.807) is 15.8 Å². The molecule has 2 atom stereocenters. The van der Waals surface area contributed by atoms with E-state index in [1.165, 1.54) is 30.4 Å². The summed E-state index contributed by atoms with van der Waals surface area (Å²) in [5.41, 5.74) is 1.54. The number of aromatic amines is 1. The highest BCUT2D eigenvalue weighted by Crippen LogP contribution is 2.32. The second-order valence-corrected chi connectivity index (χ2v) is 9.32. The van der Waals surface area contributed by atoms with Crippen molar-refractivity contribution in [1.29, 1.82) is 0 Å². The Morgan fingerprint density at radius 3 is 2.54 bits per heavy atom. The molecule has 2 unspecified atom stereocenters. The molecule has 1 fully saturated rings. The number of carbonyl (C=O) groups is 2. The average molecular weight is 528 g/mol. The van der Waals surface area contributed by atoms with Crippen LogP contribution in [0.4, 0.5) is 5.95 Å². The number of para-hydroxylation sites is 1. The molecule has 0 saturated carbocycles. The van der Waals surface area contributed by atoms with Crippen molar-refractivity contribution in [3.8, 4) is 17.3 Å². The minimum absolute atomic E-state index is 0.200. The van der Waals surface area contributed by atoms with E-state index in [0.29, 0.717) is 41.5 Å². The van der Waals surface area contributed by atoms with Crippen LogP contribution in [0.2, 0.25) is 0 Å². The van der Waals surface area contributed by atoms with Crippen molar-refractivity contribution in [2.24, 2.45) is 0 Å². The van der Waals surface area contributed by atoms with Crippen LogP contribution in [0.15, 0.2) is 55.1 Å². The maximum absolute atomic E-state index is 13.7. The third-order valence-electron chi connectivity index (χ3n) is 6.84. The zero-order valence-corrected chi connectivity index (χ0v) is 21.5. The number of anilines is 1. The van der Waals surface area contributed by atoms with E-state index in [1.807, 2.05) is 49.1 Å². The highest BCUT2D eigenvalue weighted by molar-refractivity contribution is 6.45. The number of methoxy groups -OCH3 is 1. The lowest BCUT2D eigenvalue weighted by Gasteiger charge is -2.44. The zero-order valence-electron chi connectivity index (χ0n) is 21.5. The number of piperazine rings is 1. The van der Waals surface area contributed by atoms with Gasteiger partial charge in [-0.1, -0.05) is 28.5 Å². The van der Waals surface area contributed by atoms with E-state index >= 15 is 0 Å². The Morgan fingerprint density at radius 2 is 1.85 bits per heavy atom. The molecule has 1 amide bonds. The first-order valence-electron chi connectivity index (χ1n) is 12.3. The van der Waals surface area contributed by atoms with Crippen LogP contribution in [0.25, 0.3) is 22.4 Å². The van der Waals surface area contributed by atoms with E-state index in [4.69, 9.17) is 4.74 Å². The molecule has 1 aliphatic heterocycles. The molecule has 0 spiro atoms. The fourth-order valence-corrected chi connectivity index (χ4v) is 5.17. The number of pyridine rings is 1. The number of rotatable bonds is 6. The van der Waals surface area contributed by atoms with Gasteiger partial charge in [0.05, 0.1) is 47.9 Å². The Balaban J connectivity index is 1.28. The maximum atomic E-state index is 13.7. The summed E-state index contributed by atoms with van der Waals surface area (Å²) < 4.78 is 8.63. The number of carbonyl (C=O) groups excluding carboxylic acids is 2. The van der Waals surface area contributed by atoms with Crippen molar-refractivity contribution in [2.75, 3.05) is 25.1 Å². The molecule has 0 radical (unpaired) electrons. The number of ether oxygens (including phenoxy) is 1. The van der Waals surface area contributed by atoms with Crippen LogP contribution < -0.4 is 9.64 Å². The van der Waals surface area contributed by atoms with Crippen molar-refractivity contribution >= 4 is 28.5 Å². The van der Waals surface area contributed by atoms with Gasteiger partial charge in [-0.2, -0.15) is 4.68 Å². The number of amides is 1. The second-order valence-electron chi connectivity index (χ2n) is 9.32. The number of hydrogen-bond acceptors (Lipinski definition) is 10. The molecule has 14 heteroatoms. The first-order chi connectivity index (χ1) is 19.0. The van der Waals surface area contributed by atoms with Gasteiger partial charge in [0.25, 0.3) is 17.6 Å². The molecule has 39 heavy (non-hydrogen) atoms. The van der Waals surface area contributed by atoms with Gasteiger partial charge in [0.15, 0.2) is 5.82 Å². The Kier molecular flexibility index (Phi) is 5.98. The van der Waals surface area contributed by atoms with Gasteiger partial charge in [0.2, 0.25) is 0 Å². The molecule has 198 valence electrons. The van der Waals surface area contributed by atoms with Crippen LogP contribution in [-0.4, -0.2) is 94.0 Å². The molecule has 0 aliphatic carbocycles. The standard InChI is InChI=1S/C25H25N11O3/c1-15-13-33(25-29-30-32-36(25)17-7-5-4-6-8-17)14-16(2)35(15)24(38)22(37)18-11-26-21-20(18)19(39-3)12-27-23(21)34-10-9-28-31-34/h4-12,15-16,26H,13-14H2,1-3H3. The number of fused-ring (bicyclic) bond motifs is 1. The quantitative estimate of drug-likeness (QED) is 0.253. The van der Waals surface area contributed by atoms with Gasteiger partial charge in [-0.05, 0) is 36.4 Å². The van der Waals surface area contributed by atoms with Crippen LogP contribution >= 0.6 is 0 Å². The molecular formula is C25H25N11O3. The molecule has 4 aromatic heterocycles. The van der Waals surface area contributed by atoms with E-state index < -0.39 is 11.7 Å². The van der Waals surface area contributed by atoms with Gasteiger partial charge in [-0.15, -0.1) is 5.10 Å². The summed E-state index contributed by atoms with van der Waals surface area (Å²) in [5.74, 6) is 0.134. The predicted octanol–water partition coefficient (Wildman–Crippen LogP) is 1.44. The highest BCUT2D eigenvalue weighted by Gasteiger charge is 2.38. The summed E-state index contributed by atoms with van der Waals surface area (Å²) in [6.45, 7) is 4.72. The van der Waals surface area contributed by atoms with Crippen molar-refractivity contribution in [3.05, 3.63) is 60.7 Å². The van der Waals surface area contributed by atoms with Crippen LogP contribution in [0, 0.1) is 0 Å². The number of aromatic nitrogens is 9. The van der Waals surface area contributed by atoms with Gasteiger partial charge in [-0.25, -0.2) is 9.67 Å². The SMILES string of the molecule is COc1cnc(-n2ccnn2)c2[nH]cc(C(=O)C(=O)N3C(C)CN(c4nnnn4-c4ccccc4)CC3C)c12. The molecular weight excluding hydrogens is 502 g/mol. The number of ketones is 1. The molecule has 6 rings (SSSR count). The summed E-state index contributed by atoms with van der Waals surface area (Å²) >= 11 is 0. The van der Waals surface area contributed by atoms with Gasteiger partial charge in [-0.3, -0.25) is 9.59 Å². The lowest BCUT2D eigenvalue weighted by molar-refractivity contribution is -0.131. The lowest BCUT2D eigenvalue weighted by atomic mass is 10.0. The topological polar surface area (TPSA) is 153 Å². The molecule has 0 bridgehead atoms. The number of hydrogen-bond donors (Lipinski definition) is 1. The minimum atomic E-state index is -0.642. The first kappa shape index (κ1) is 24.2. The Labute approximate surface area is 222 Å². The molecule has 5 heterocycles. The third-order valence-corrected chi connectivity index (χ3v) is 6.84. The van der Waals surface area contributed by atoms with Gasteiger partial charge >= 0.3 is 0 Å². The van der Waals surface area contributed by atoms with Crippen molar-refractivity contribution < 1.29 is 14.3 Å². The fraction of sp³-hybridized carbons (Fsp3) is 0.280. The molecule has 5 aromatic rings. The van der Waals surface area contributed by atoms with E-state index in [2.05, 4.69) is 35.8 Å². The average Bonchev–Trinajstić information content (AvgIpc) is 3.73. The predicted molar refractivity (Wildman–Crippen MR) is 139 cm³/mol. The molecule has 1 saturated heterocycles. The highest BCUT2D eigenvalue weighted by atomic mass is 16.5. The van der Waals surface area contributed by atoms with Crippen LogP contribution in [0.1, 0.15) is 24.2 Å². The van der Waals surface area contributed by atoms with Crippen molar-refractivity contribution in [3.63, 3.8) is 0 Å². The van der Waals surface area contributed by atoms with E-state index in [0.717, 1.165) is 5.69 Å². The number of nitrogens with zero attached hydrogens (tertiary/aromatic N) is 10. The number of H-pyrrole nitrogens is 1. The number of benzene rings is 1. The zero-order chi connectivity index (χ0) is 27.1. The maximum Gasteiger partial charge on any atom is 0.295 e. The Bertz CT molecular complexity index is 1630. The Hall–Kier alpha value is -5.14. The van der Waals surface area contributed by atoms with E-state index in [9.17, 15) is 9.59 Å². The summed E-state index contributed by atoms with van der Waals surface area (Å²) in [5, 5.41) is 20.5. The first-order valence-corrected chi connectivity index (χ1v) is 12.3. The van der Waals surface area contributed by atoms with Gasteiger partial charge < -0.3 is 19.5 Å².